The molecular weight excluding hydrogens is 295 g/mol. The molecule has 0 aliphatic carbocycles. The van der Waals surface area contributed by atoms with Crippen molar-refractivity contribution >= 4 is 34.4 Å². The van der Waals surface area contributed by atoms with Crippen molar-refractivity contribution in [2.75, 3.05) is 0 Å². The second-order valence-corrected chi connectivity index (χ2v) is 9.27. The molecule has 3 aromatic rings. The first-order valence-corrected chi connectivity index (χ1v) is 9.43. The van der Waals surface area contributed by atoms with Gasteiger partial charge in [0.05, 0.1) is 0 Å². The first-order valence-electron chi connectivity index (χ1n) is 6.91. The first-order chi connectivity index (χ1) is 10.1. The van der Waals surface area contributed by atoms with Crippen LogP contribution >= 0.6 is 18.5 Å². The van der Waals surface area contributed by atoms with Crippen LogP contribution in [0.15, 0.2) is 66.7 Å². The molecule has 0 spiro atoms. The van der Waals surface area contributed by atoms with E-state index < -0.39 is 7.14 Å². The second-order valence-electron chi connectivity index (χ2n) is 5.08. The Labute approximate surface area is 129 Å². The highest BCUT2D eigenvalue weighted by molar-refractivity contribution is 7.85. The van der Waals surface area contributed by atoms with E-state index in [0.717, 1.165) is 20.8 Å². The summed E-state index contributed by atoms with van der Waals surface area (Å²) in [4.78, 5) is 2.35. The lowest BCUT2D eigenvalue weighted by Gasteiger charge is -2.19. The van der Waals surface area contributed by atoms with Gasteiger partial charge < -0.3 is 4.57 Å². The third-order valence-corrected chi connectivity index (χ3v) is 7.90. The van der Waals surface area contributed by atoms with Crippen molar-refractivity contribution in [1.82, 2.24) is 0 Å². The summed E-state index contributed by atoms with van der Waals surface area (Å²) in [5.74, 6) is 0. The van der Waals surface area contributed by atoms with Crippen LogP contribution in [-0.4, -0.2) is 0 Å². The zero-order valence-electron chi connectivity index (χ0n) is 12.1. The average Bonchev–Trinajstić information content (AvgIpc) is 2.87. The van der Waals surface area contributed by atoms with Gasteiger partial charge in [0.1, 0.15) is 0 Å². The molecule has 21 heavy (non-hydrogen) atoms. The second kappa shape index (κ2) is 5.63. The highest BCUT2D eigenvalue weighted by atomic mass is 32.1. The minimum atomic E-state index is -2.78. The standard InChI is InChI=1S/C18H17OPS/c1-14-13-18(15(2)21-14)20(19,16-9-5-3-6-10-16)17-11-7-4-8-12-17/h3-13H,1-2H3. The molecule has 1 aromatic heterocycles. The molecule has 3 heteroatoms. The predicted molar refractivity (Wildman–Crippen MR) is 93.2 cm³/mol. The van der Waals surface area contributed by atoms with Crippen LogP contribution in [0.5, 0.6) is 0 Å². The Balaban J connectivity index is 2.31. The fourth-order valence-electron chi connectivity index (χ4n) is 2.63. The lowest BCUT2D eigenvalue weighted by molar-refractivity contribution is 0.592. The number of hydrogen-bond donors (Lipinski definition) is 0. The minimum absolute atomic E-state index is 0.900. The van der Waals surface area contributed by atoms with Crippen molar-refractivity contribution in [2.45, 2.75) is 13.8 Å². The summed E-state index contributed by atoms with van der Waals surface area (Å²) in [5, 5.41) is 2.77. The lowest BCUT2D eigenvalue weighted by atomic mass is 10.4. The molecule has 1 heterocycles. The summed E-state index contributed by atoms with van der Waals surface area (Å²) in [5.41, 5.74) is 0. The van der Waals surface area contributed by atoms with Crippen molar-refractivity contribution < 1.29 is 4.57 Å². The highest BCUT2D eigenvalue weighted by Crippen LogP contribution is 2.44. The monoisotopic (exact) mass is 312 g/mol. The minimum Gasteiger partial charge on any atom is -0.309 e. The quantitative estimate of drug-likeness (QED) is 0.668. The fourth-order valence-corrected chi connectivity index (χ4v) is 6.92. The molecule has 0 atom stereocenters. The van der Waals surface area contributed by atoms with E-state index >= 15 is 0 Å². The Hall–Kier alpha value is -1.63. The summed E-state index contributed by atoms with van der Waals surface area (Å²) in [6.07, 6.45) is 0. The zero-order valence-corrected chi connectivity index (χ0v) is 13.8. The SMILES string of the molecule is Cc1cc(P(=O)(c2ccccc2)c2ccccc2)c(C)s1. The van der Waals surface area contributed by atoms with Crippen molar-refractivity contribution in [3.63, 3.8) is 0 Å². The molecule has 0 unspecified atom stereocenters. The van der Waals surface area contributed by atoms with E-state index in [1.165, 1.54) is 4.88 Å². The van der Waals surface area contributed by atoms with Crippen LogP contribution in [0.4, 0.5) is 0 Å². The van der Waals surface area contributed by atoms with Gasteiger partial charge in [0.2, 0.25) is 0 Å². The molecular formula is C18H17OPS. The molecule has 1 nitrogen and oxygen atoms in total. The van der Waals surface area contributed by atoms with E-state index in [4.69, 9.17) is 0 Å². The van der Waals surface area contributed by atoms with Crippen LogP contribution in [-0.2, 0) is 4.57 Å². The lowest BCUT2D eigenvalue weighted by Crippen LogP contribution is -2.25. The molecule has 0 saturated carbocycles. The van der Waals surface area contributed by atoms with Gasteiger partial charge >= 0.3 is 0 Å². The van der Waals surface area contributed by atoms with Gasteiger partial charge in [-0.3, -0.25) is 0 Å². The Morgan fingerprint density at radius 2 is 1.29 bits per heavy atom. The molecule has 0 aliphatic rings. The van der Waals surface area contributed by atoms with Crippen LogP contribution < -0.4 is 15.9 Å². The third-order valence-electron chi connectivity index (χ3n) is 3.59. The Bertz CT molecular complexity index is 747. The molecule has 0 saturated heterocycles. The number of rotatable bonds is 3. The Morgan fingerprint density at radius 1 is 0.810 bits per heavy atom. The Morgan fingerprint density at radius 3 is 1.67 bits per heavy atom. The maximum absolute atomic E-state index is 14.1. The van der Waals surface area contributed by atoms with Gasteiger partial charge in [-0.15, -0.1) is 11.3 Å². The maximum atomic E-state index is 14.1. The van der Waals surface area contributed by atoms with Gasteiger partial charge in [-0.1, -0.05) is 60.7 Å². The summed E-state index contributed by atoms with van der Waals surface area (Å²) in [6, 6.07) is 21.7. The van der Waals surface area contributed by atoms with Crippen LogP contribution in [0, 0.1) is 13.8 Å². The topological polar surface area (TPSA) is 17.1 Å². The molecule has 0 fully saturated rings. The maximum Gasteiger partial charge on any atom is 0.172 e. The molecule has 0 radical (unpaired) electrons. The summed E-state index contributed by atoms with van der Waals surface area (Å²) in [7, 11) is -2.78. The van der Waals surface area contributed by atoms with E-state index in [2.05, 4.69) is 19.9 Å². The van der Waals surface area contributed by atoms with Crippen molar-refractivity contribution in [2.24, 2.45) is 0 Å². The Kier molecular flexibility index (Phi) is 3.84. The normalized spacial score (nSPS) is 11.5. The van der Waals surface area contributed by atoms with E-state index in [9.17, 15) is 4.57 Å². The molecule has 3 rings (SSSR count). The number of aryl methyl sites for hydroxylation is 2. The molecule has 0 aliphatic heterocycles. The van der Waals surface area contributed by atoms with Gasteiger partial charge in [-0.25, -0.2) is 0 Å². The molecule has 0 N–H and O–H groups in total. The molecule has 0 amide bonds. The van der Waals surface area contributed by atoms with Gasteiger partial charge in [0.15, 0.2) is 7.14 Å². The smallest absolute Gasteiger partial charge is 0.172 e. The van der Waals surface area contributed by atoms with Crippen LogP contribution in [0.3, 0.4) is 0 Å². The van der Waals surface area contributed by atoms with Crippen molar-refractivity contribution in [3.05, 3.63) is 76.5 Å². The molecule has 2 aromatic carbocycles. The third kappa shape index (κ3) is 2.50. The van der Waals surface area contributed by atoms with E-state index in [0.29, 0.717) is 0 Å². The van der Waals surface area contributed by atoms with E-state index in [1.54, 1.807) is 11.3 Å². The molecule has 106 valence electrons. The predicted octanol–water partition coefficient (Wildman–Crippen LogP) is 4.00. The van der Waals surface area contributed by atoms with Crippen LogP contribution in [0.1, 0.15) is 9.75 Å². The van der Waals surface area contributed by atoms with Crippen LogP contribution in [0.2, 0.25) is 0 Å². The van der Waals surface area contributed by atoms with Crippen LogP contribution in [0.25, 0.3) is 0 Å². The van der Waals surface area contributed by atoms with E-state index in [-0.39, 0.29) is 0 Å². The zero-order chi connectivity index (χ0) is 14.9. The fraction of sp³-hybridized carbons (Fsp3) is 0.111. The summed E-state index contributed by atoms with van der Waals surface area (Å²) in [6.45, 7) is 4.13. The first kappa shape index (κ1) is 14.3. The molecule has 0 bridgehead atoms. The van der Waals surface area contributed by atoms with Gasteiger partial charge in [0.25, 0.3) is 0 Å². The average molecular weight is 312 g/mol. The highest BCUT2D eigenvalue weighted by Gasteiger charge is 2.31. The van der Waals surface area contributed by atoms with Crippen molar-refractivity contribution in [3.8, 4) is 0 Å². The number of hydrogen-bond acceptors (Lipinski definition) is 2. The van der Waals surface area contributed by atoms with E-state index in [1.807, 2.05) is 60.7 Å². The van der Waals surface area contributed by atoms with Gasteiger partial charge in [-0.2, -0.15) is 0 Å². The largest absolute Gasteiger partial charge is 0.309 e. The summed E-state index contributed by atoms with van der Waals surface area (Å²) < 4.78 is 14.1. The van der Waals surface area contributed by atoms with Gasteiger partial charge in [-0.05, 0) is 19.9 Å². The van der Waals surface area contributed by atoms with Gasteiger partial charge in [0, 0.05) is 25.7 Å². The number of thiophene rings is 1. The number of benzene rings is 2. The van der Waals surface area contributed by atoms with Crippen molar-refractivity contribution in [1.29, 1.82) is 0 Å². The summed E-state index contributed by atoms with van der Waals surface area (Å²) >= 11 is 1.71.